The molecule has 0 spiro atoms. The largest absolute Gasteiger partial charge is 0.455 e. The number of anilines is 1. The summed E-state index contributed by atoms with van der Waals surface area (Å²) >= 11 is 0. The highest BCUT2D eigenvalue weighted by Gasteiger charge is 2.23. The van der Waals surface area contributed by atoms with Gasteiger partial charge in [0.05, 0.1) is 5.39 Å². The van der Waals surface area contributed by atoms with Crippen molar-refractivity contribution in [1.29, 1.82) is 0 Å². The molecule has 0 atom stereocenters. The number of esters is 1. The number of hydrogen-bond acceptors (Lipinski definition) is 5. The van der Waals surface area contributed by atoms with Crippen molar-refractivity contribution < 1.29 is 14.1 Å². The summed E-state index contributed by atoms with van der Waals surface area (Å²) in [6, 6.07) is 5.00. The first-order valence-corrected chi connectivity index (χ1v) is 5.25. The zero-order valence-corrected chi connectivity index (χ0v) is 9.98. The molecule has 1 aromatic carbocycles. The molecular weight excluding hydrogens is 220 g/mol. The Bertz CT molecular complexity index is 567. The molecule has 0 unspecified atom stereocenters. The van der Waals surface area contributed by atoms with Crippen LogP contribution in [0.4, 0.5) is 5.69 Å². The quantitative estimate of drug-likeness (QED) is 0.605. The van der Waals surface area contributed by atoms with Crippen LogP contribution in [-0.2, 0) is 4.74 Å². The van der Waals surface area contributed by atoms with Crippen molar-refractivity contribution in [2.24, 2.45) is 0 Å². The highest BCUT2D eigenvalue weighted by atomic mass is 16.6. The van der Waals surface area contributed by atoms with E-state index < -0.39 is 11.6 Å². The van der Waals surface area contributed by atoms with Gasteiger partial charge < -0.3 is 15.0 Å². The van der Waals surface area contributed by atoms with Crippen molar-refractivity contribution in [3.63, 3.8) is 0 Å². The van der Waals surface area contributed by atoms with Gasteiger partial charge in [-0.25, -0.2) is 4.79 Å². The first-order chi connectivity index (χ1) is 7.87. The summed E-state index contributed by atoms with van der Waals surface area (Å²) in [4.78, 5) is 11.8. The molecule has 0 bridgehead atoms. The van der Waals surface area contributed by atoms with Crippen molar-refractivity contribution in [2.75, 3.05) is 5.73 Å². The van der Waals surface area contributed by atoms with E-state index in [9.17, 15) is 4.79 Å². The minimum atomic E-state index is -0.559. The Hall–Kier alpha value is -2.04. The number of nitrogen functional groups attached to an aromatic ring is 1. The second-order valence-corrected chi connectivity index (χ2v) is 4.79. The maximum atomic E-state index is 11.8. The van der Waals surface area contributed by atoms with Crippen molar-refractivity contribution in [3.05, 3.63) is 23.9 Å². The SMILES string of the molecule is CC(C)(C)OC(=O)c1noc2cc(N)ccc12. The standard InChI is InChI=1S/C12H14N2O3/c1-12(2,3)16-11(15)10-8-5-4-7(13)6-9(8)17-14-10/h4-6H,13H2,1-3H3. The summed E-state index contributed by atoms with van der Waals surface area (Å²) in [6.07, 6.45) is 0. The van der Waals surface area contributed by atoms with E-state index in [1.54, 1.807) is 39.0 Å². The van der Waals surface area contributed by atoms with E-state index in [2.05, 4.69) is 5.16 Å². The van der Waals surface area contributed by atoms with Crippen molar-refractivity contribution in [2.45, 2.75) is 26.4 Å². The van der Waals surface area contributed by atoms with Gasteiger partial charge in [0, 0.05) is 11.8 Å². The molecule has 2 N–H and O–H groups in total. The summed E-state index contributed by atoms with van der Waals surface area (Å²) in [5.74, 6) is -0.499. The monoisotopic (exact) mass is 234 g/mol. The molecule has 0 fully saturated rings. The third-order valence-corrected chi connectivity index (χ3v) is 2.09. The Morgan fingerprint density at radius 2 is 2.12 bits per heavy atom. The fraction of sp³-hybridized carbons (Fsp3) is 0.333. The molecule has 1 aromatic heterocycles. The third-order valence-electron chi connectivity index (χ3n) is 2.09. The van der Waals surface area contributed by atoms with Crippen molar-refractivity contribution >= 4 is 22.6 Å². The van der Waals surface area contributed by atoms with Crippen molar-refractivity contribution in [1.82, 2.24) is 5.16 Å². The van der Waals surface area contributed by atoms with Crippen LogP contribution in [0.5, 0.6) is 0 Å². The second-order valence-electron chi connectivity index (χ2n) is 4.79. The number of carbonyl (C=O) groups is 1. The van der Waals surface area contributed by atoms with Crippen LogP contribution in [0.15, 0.2) is 22.7 Å². The zero-order valence-electron chi connectivity index (χ0n) is 9.98. The van der Waals surface area contributed by atoms with E-state index in [0.717, 1.165) is 0 Å². The number of ether oxygens (including phenoxy) is 1. The van der Waals surface area contributed by atoms with Crippen LogP contribution in [0.3, 0.4) is 0 Å². The molecule has 5 heteroatoms. The Morgan fingerprint density at radius 3 is 2.76 bits per heavy atom. The van der Waals surface area contributed by atoms with Gasteiger partial charge in [-0.2, -0.15) is 0 Å². The molecule has 0 amide bonds. The molecule has 5 nitrogen and oxygen atoms in total. The summed E-state index contributed by atoms with van der Waals surface area (Å²) in [6.45, 7) is 5.39. The van der Waals surface area contributed by atoms with Gasteiger partial charge in [0.15, 0.2) is 11.3 Å². The Balaban J connectivity index is 2.40. The molecule has 1 heterocycles. The number of carbonyl (C=O) groups excluding carboxylic acids is 1. The number of benzene rings is 1. The maximum Gasteiger partial charge on any atom is 0.361 e. The van der Waals surface area contributed by atoms with E-state index in [-0.39, 0.29) is 5.69 Å². The Labute approximate surface area is 98.5 Å². The van der Waals surface area contributed by atoms with E-state index in [1.165, 1.54) is 0 Å². The first-order valence-electron chi connectivity index (χ1n) is 5.25. The number of hydrogen-bond donors (Lipinski definition) is 1. The predicted molar refractivity (Wildman–Crippen MR) is 63.6 cm³/mol. The highest BCUT2D eigenvalue weighted by molar-refractivity contribution is 6.01. The fourth-order valence-electron chi connectivity index (χ4n) is 1.43. The van der Waals surface area contributed by atoms with Gasteiger partial charge in [-0.05, 0) is 32.9 Å². The molecule has 0 aliphatic heterocycles. The number of nitrogens with two attached hydrogens (primary N) is 1. The number of nitrogens with zero attached hydrogens (tertiary/aromatic N) is 1. The maximum absolute atomic E-state index is 11.8. The fourth-order valence-corrected chi connectivity index (χ4v) is 1.43. The van der Waals surface area contributed by atoms with Gasteiger partial charge in [0.2, 0.25) is 0 Å². The molecule has 2 aromatic rings. The smallest absolute Gasteiger partial charge is 0.361 e. The second kappa shape index (κ2) is 3.76. The minimum Gasteiger partial charge on any atom is -0.455 e. The van der Waals surface area contributed by atoms with Gasteiger partial charge in [-0.3, -0.25) is 0 Å². The average Bonchev–Trinajstić information content (AvgIpc) is 2.57. The van der Waals surface area contributed by atoms with Crippen LogP contribution in [0.25, 0.3) is 11.0 Å². The number of aromatic nitrogens is 1. The molecular formula is C12H14N2O3. The first kappa shape index (κ1) is 11.4. The molecule has 0 aliphatic carbocycles. The van der Waals surface area contributed by atoms with Gasteiger partial charge in [-0.1, -0.05) is 5.16 Å². The van der Waals surface area contributed by atoms with E-state index in [0.29, 0.717) is 16.7 Å². The van der Waals surface area contributed by atoms with E-state index >= 15 is 0 Å². The molecule has 0 aliphatic rings. The van der Waals surface area contributed by atoms with Gasteiger partial charge >= 0.3 is 5.97 Å². The molecule has 90 valence electrons. The predicted octanol–water partition coefficient (Wildman–Crippen LogP) is 2.37. The molecule has 0 radical (unpaired) electrons. The topological polar surface area (TPSA) is 78.3 Å². The van der Waals surface area contributed by atoms with Crippen LogP contribution >= 0.6 is 0 Å². The van der Waals surface area contributed by atoms with Crippen LogP contribution < -0.4 is 5.73 Å². The highest BCUT2D eigenvalue weighted by Crippen LogP contribution is 2.22. The van der Waals surface area contributed by atoms with Gasteiger partial charge in [0.25, 0.3) is 0 Å². The van der Waals surface area contributed by atoms with Crippen LogP contribution in [0, 0.1) is 0 Å². The summed E-state index contributed by atoms with van der Waals surface area (Å²) in [7, 11) is 0. The van der Waals surface area contributed by atoms with Crippen molar-refractivity contribution in [3.8, 4) is 0 Å². The number of rotatable bonds is 1. The summed E-state index contributed by atoms with van der Waals surface area (Å²) in [5, 5.41) is 4.32. The molecule has 17 heavy (non-hydrogen) atoms. The zero-order chi connectivity index (χ0) is 12.6. The van der Waals surface area contributed by atoms with Crippen LogP contribution in [-0.4, -0.2) is 16.7 Å². The molecule has 2 rings (SSSR count). The van der Waals surface area contributed by atoms with Crippen LogP contribution in [0.2, 0.25) is 0 Å². The summed E-state index contributed by atoms with van der Waals surface area (Å²) < 4.78 is 10.3. The Morgan fingerprint density at radius 1 is 1.41 bits per heavy atom. The van der Waals surface area contributed by atoms with Crippen LogP contribution in [0.1, 0.15) is 31.3 Å². The normalized spacial score (nSPS) is 11.7. The minimum absolute atomic E-state index is 0.176. The van der Waals surface area contributed by atoms with E-state index in [1.807, 2.05) is 0 Å². The Kier molecular flexibility index (Phi) is 2.53. The third kappa shape index (κ3) is 2.38. The lowest BCUT2D eigenvalue weighted by Gasteiger charge is -2.18. The number of fused-ring (bicyclic) bond motifs is 1. The lowest BCUT2D eigenvalue weighted by Crippen LogP contribution is -2.24. The lowest BCUT2D eigenvalue weighted by molar-refractivity contribution is 0.00610. The van der Waals surface area contributed by atoms with Gasteiger partial charge in [-0.15, -0.1) is 0 Å². The summed E-state index contributed by atoms with van der Waals surface area (Å²) in [5.41, 5.74) is 6.26. The average molecular weight is 234 g/mol. The van der Waals surface area contributed by atoms with E-state index in [4.69, 9.17) is 15.0 Å². The molecule has 0 saturated carbocycles. The molecule has 0 saturated heterocycles. The lowest BCUT2D eigenvalue weighted by atomic mass is 10.1. The van der Waals surface area contributed by atoms with Gasteiger partial charge in [0.1, 0.15) is 5.60 Å².